The van der Waals surface area contributed by atoms with Crippen molar-refractivity contribution in [1.29, 1.82) is 0 Å². The topological polar surface area (TPSA) is 144 Å². The van der Waals surface area contributed by atoms with Crippen LogP contribution in [0.4, 0.5) is 0 Å². The van der Waals surface area contributed by atoms with Gasteiger partial charge in [0.2, 0.25) is 11.4 Å². The van der Waals surface area contributed by atoms with Crippen molar-refractivity contribution in [1.82, 2.24) is 5.32 Å². The number of carboxylic acids is 2. The lowest BCUT2D eigenvalue weighted by Gasteiger charge is -2.25. The Kier molecular flexibility index (Phi) is 5.06. The summed E-state index contributed by atoms with van der Waals surface area (Å²) in [6.45, 7) is 1.01. The fourth-order valence-corrected chi connectivity index (χ4v) is 1.86. The summed E-state index contributed by atoms with van der Waals surface area (Å²) in [7, 11) is -1.77. The average molecular weight is 295 g/mol. The molecule has 1 rings (SSSR count). The average Bonchev–Trinajstić information content (AvgIpc) is 2.37. The molecule has 0 fully saturated rings. The molecule has 0 heterocycles. The van der Waals surface area contributed by atoms with Crippen molar-refractivity contribution in [3.05, 3.63) is 29.8 Å². The molecule has 0 unspecified atom stereocenters. The van der Waals surface area contributed by atoms with Gasteiger partial charge in [-0.05, 0) is 11.0 Å². The predicted molar refractivity (Wildman–Crippen MR) is 71.8 cm³/mol. The molecule has 1 aromatic carbocycles. The number of carboxylic acid groups (broad SMARTS) is 2. The zero-order valence-corrected chi connectivity index (χ0v) is 11.1. The molecule has 1 aromatic rings. The van der Waals surface area contributed by atoms with Crippen LogP contribution in [-0.2, 0) is 20.8 Å². The largest absolute Gasteiger partial charge is 0.488 e. The Balaban J connectivity index is 3.23. The van der Waals surface area contributed by atoms with Crippen molar-refractivity contribution in [2.24, 2.45) is 0 Å². The van der Waals surface area contributed by atoms with Crippen molar-refractivity contribution in [2.75, 3.05) is 0 Å². The number of amides is 1. The first-order valence-electron chi connectivity index (χ1n) is 5.89. The minimum Gasteiger partial charge on any atom is -0.479 e. The third kappa shape index (κ3) is 3.80. The third-order valence-corrected chi connectivity index (χ3v) is 2.84. The van der Waals surface area contributed by atoms with E-state index in [1.807, 2.05) is 5.32 Å². The first kappa shape index (κ1) is 16.7. The summed E-state index contributed by atoms with van der Waals surface area (Å²) in [6, 6.07) is 5.49. The summed E-state index contributed by atoms with van der Waals surface area (Å²) < 4.78 is 0. The highest BCUT2D eigenvalue weighted by Crippen LogP contribution is 2.15. The van der Waals surface area contributed by atoms with Crippen LogP contribution < -0.4 is 10.8 Å². The molecule has 1 amide bonds. The van der Waals surface area contributed by atoms with E-state index in [4.69, 9.17) is 10.0 Å². The summed E-state index contributed by atoms with van der Waals surface area (Å²) >= 11 is 0. The number of rotatable bonds is 6. The summed E-state index contributed by atoms with van der Waals surface area (Å²) in [5.74, 6) is -4.25. The highest BCUT2D eigenvalue weighted by atomic mass is 16.4. The second-order valence-corrected chi connectivity index (χ2v) is 4.49. The van der Waals surface area contributed by atoms with Gasteiger partial charge in [-0.2, -0.15) is 0 Å². The van der Waals surface area contributed by atoms with Crippen molar-refractivity contribution < 1.29 is 34.6 Å². The predicted octanol–water partition coefficient (Wildman–Crippen LogP) is -2.05. The maximum Gasteiger partial charge on any atom is 0.488 e. The van der Waals surface area contributed by atoms with Crippen LogP contribution >= 0.6 is 0 Å². The smallest absolute Gasteiger partial charge is 0.479 e. The maximum atomic E-state index is 11.3. The lowest BCUT2D eigenvalue weighted by atomic mass is 9.78. The maximum absolute atomic E-state index is 11.3. The fraction of sp³-hybridized carbons (Fsp3) is 0.250. The summed E-state index contributed by atoms with van der Waals surface area (Å²) in [4.78, 5) is 33.8. The Morgan fingerprint density at radius 2 is 1.76 bits per heavy atom. The SMILES string of the molecule is CC(=O)NC(Cc1cccc(B(O)O)c1)(C(=O)O)C(=O)O. The number of hydrogen-bond acceptors (Lipinski definition) is 5. The third-order valence-electron chi connectivity index (χ3n) is 2.84. The van der Waals surface area contributed by atoms with E-state index < -0.39 is 36.9 Å². The molecule has 0 atom stereocenters. The highest BCUT2D eigenvalue weighted by molar-refractivity contribution is 6.58. The molecular formula is C12H14BNO7. The molecule has 21 heavy (non-hydrogen) atoms. The summed E-state index contributed by atoms with van der Waals surface area (Å²) in [6.07, 6.45) is -0.544. The second kappa shape index (κ2) is 6.38. The molecule has 0 aromatic heterocycles. The van der Waals surface area contributed by atoms with Gasteiger partial charge < -0.3 is 25.6 Å². The molecule has 8 nitrogen and oxygen atoms in total. The van der Waals surface area contributed by atoms with Crippen LogP contribution in [0.3, 0.4) is 0 Å². The van der Waals surface area contributed by atoms with Crippen LogP contribution in [0.15, 0.2) is 24.3 Å². The Bertz CT molecular complexity index is 558. The van der Waals surface area contributed by atoms with Gasteiger partial charge in [0.15, 0.2) is 0 Å². The number of nitrogens with one attached hydrogen (secondary N) is 1. The summed E-state index contributed by atoms with van der Waals surface area (Å²) in [5.41, 5.74) is -2.22. The number of carbonyl (C=O) groups is 3. The Labute approximate surface area is 120 Å². The van der Waals surface area contributed by atoms with E-state index in [9.17, 15) is 24.6 Å². The van der Waals surface area contributed by atoms with E-state index in [0.717, 1.165) is 6.92 Å². The van der Waals surface area contributed by atoms with Crippen LogP contribution in [0.25, 0.3) is 0 Å². The number of benzene rings is 1. The zero-order valence-electron chi connectivity index (χ0n) is 11.1. The van der Waals surface area contributed by atoms with E-state index >= 15 is 0 Å². The van der Waals surface area contributed by atoms with Crippen LogP contribution in [0, 0.1) is 0 Å². The molecule has 0 aliphatic carbocycles. The van der Waals surface area contributed by atoms with Gasteiger partial charge in [-0.25, -0.2) is 9.59 Å². The van der Waals surface area contributed by atoms with E-state index in [1.54, 1.807) is 0 Å². The second-order valence-electron chi connectivity index (χ2n) is 4.49. The molecule has 0 aliphatic heterocycles. The van der Waals surface area contributed by atoms with Gasteiger partial charge >= 0.3 is 19.1 Å². The standard InChI is InChI=1S/C12H14BNO7/c1-7(15)14-12(10(16)17,11(18)19)6-8-3-2-4-9(5-8)13(20)21/h2-5,20-21H,6H2,1H3,(H,14,15)(H,16,17)(H,18,19). The minimum atomic E-state index is -2.52. The van der Waals surface area contributed by atoms with E-state index in [1.165, 1.54) is 24.3 Å². The van der Waals surface area contributed by atoms with E-state index in [2.05, 4.69) is 0 Å². The van der Waals surface area contributed by atoms with Gasteiger partial charge in [0.1, 0.15) is 0 Å². The molecule has 9 heteroatoms. The highest BCUT2D eigenvalue weighted by Gasteiger charge is 2.47. The van der Waals surface area contributed by atoms with E-state index in [-0.39, 0.29) is 11.0 Å². The van der Waals surface area contributed by atoms with Crippen LogP contribution in [-0.4, -0.2) is 50.8 Å². The molecular weight excluding hydrogens is 281 g/mol. The van der Waals surface area contributed by atoms with Gasteiger partial charge in [-0.15, -0.1) is 0 Å². The molecule has 0 saturated carbocycles. The Morgan fingerprint density at radius 1 is 1.19 bits per heavy atom. The van der Waals surface area contributed by atoms with Gasteiger partial charge in [0, 0.05) is 13.3 Å². The van der Waals surface area contributed by atoms with E-state index in [0.29, 0.717) is 0 Å². The lowest BCUT2D eigenvalue weighted by molar-refractivity contribution is -0.161. The molecule has 0 aliphatic rings. The molecule has 0 radical (unpaired) electrons. The quantitative estimate of drug-likeness (QED) is 0.300. The monoisotopic (exact) mass is 295 g/mol. The molecule has 5 N–H and O–H groups in total. The normalized spacial score (nSPS) is 10.8. The van der Waals surface area contributed by atoms with Crippen LogP contribution in [0.2, 0.25) is 0 Å². The Morgan fingerprint density at radius 3 is 2.19 bits per heavy atom. The summed E-state index contributed by atoms with van der Waals surface area (Å²) in [5, 5.41) is 38.4. The molecule has 112 valence electrons. The fourth-order valence-electron chi connectivity index (χ4n) is 1.86. The van der Waals surface area contributed by atoms with Crippen LogP contribution in [0.5, 0.6) is 0 Å². The first-order chi connectivity index (χ1) is 9.69. The van der Waals surface area contributed by atoms with Crippen molar-refractivity contribution in [3.63, 3.8) is 0 Å². The lowest BCUT2D eigenvalue weighted by Crippen LogP contribution is -2.61. The van der Waals surface area contributed by atoms with Gasteiger partial charge in [-0.3, -0.25) is 4.79 Å². The molecule has 0 bridgehead atoms. The molecule has 0 saturated heterocycles. The zero-order chi connectivity index (χ0) is 16.2. The number of carbonyl (C=O) groups excluding carboxylic acids is 1. The van der Waals surface area contributed by atoms with Crippen molar-refractivity contribution in [2.45, 2.75) is 18.9 Å². The van der Waals surface area contributed by atoms with Gasteiger partial charge in [-0.1, -0.05) is 24.3 Å². The number of aliphatic carboxylic acids is 2. The van der Waals surface area contributed by atoms with Crippen LogP contribution in [0.1, 0.15) is 12.5 Å². The molecule has 0 spiro atoms. The number of hydrogen-bond donors (Lipinski definition) is 5. The van der Waals surface area contributed by atoms with Crippen molar-refractivity contribution in [3.8, 4) is 0 Å². The van der Waals surface area contributed by atoms with Gasteiger partial charge in [0.05, 0.1) is 0 Å². The van der Waals surface area contributed by atoms with Gasteiger partial charge in [0.25, 0.3) is 0 Å². The first-order valence-corrected chi connectivity index (χ1v) is 5.89. The Hall–Kier alpha value is -2.39. The van der Waals surface area contributed by atoms with Crippen molar-refractivity contribution >= 4 is 30.4 Å². The minimum absolute atomic E-state index is 0.0833.